The summed E-state index contributed by atoms with van der Waals surface area (Å²) in [6, 6.07) is 6.78. The van der Waals surface area contributed by atoms with Crippen LogP contribution in [-0.2, 0) is 0 Å². The Morgan fingerprint density at radius 3 is 1.70 bits per heavy atom. The molecule has 0 unspecified atom stereocenters. The van der Waals surface area contributed by atoms with Gasteiger partial charge in [0.25, 0.3) is 0 Å². The molecule has 2 aromatic carbocycles. The van der Waals surface area contributed by atoms with E-state index in [1.165, 1.54) is 27.4 Å². The Kier molecular flexibility index (Phi) is 9.46. The van der Waals surface area contributed by atoms with E-state index in [0.717, 1.165) is 17.1 Å². The number of aromatic nitrogens is 2. The van der Waals surface area contributed by atoms with Gasteiger partial charge in [0.05, 0.1) is 44.4 Å². The van der Waals surface area contributed by atoms with Gasteiger partial charge in [0.1, 0.15) is 28.9 Å². The minimum Gasteiger partial charge on any atom is -0.496 e. The molecule has 0 atom stereocenters. The van der Waals surface area contributed by atoms with Crippen molar-refractivity contribution in [1.29, 1.82) is 0 Å². The number of nitrogens with one attached hydrogen (secondary N) is 2. The first-order valence-electron chi connectivity index (χ1n) is 11.6. The number of fused-ring (bicyclic) bond motifs is 2. The van der Waals surface area contributed by atoms with E-state index in [-0.39, 0.29) is 0 Å². The number of nitrogens with zero attached hydrogens (tertiary/aromatic N) is 3. The molecule has 0 amide bonds. The Morgan fingerprint density at radius 2 is 1.23 bits per heavy atom. The lowest BCUT2D eigenvalue weighted by atomic mass is 9.94. The van der Waals surface area contributed by atoms with Crippen molar-refractivity contribution in [3.05, 3.63) is 84.3 Å². The average Bonchev–Trinajstić information content (AvgIpc) is 3.60. The number of methoxy groups -OCH3 is 4. The normalized spacial score (nSPS) is 10.9. The van der Waals surface area contributed by atoms with E-state index in [1.54, 1.807) is 37.7 Å². The lowest BCUT2D eigenvalue weighted by molar-refractivity contribution is -0.516. The van der Waals surface area contributed by atoms with Gasteiger partial charge in [0, 0.05) is 62.3 Å². The quantitative estimate of drug-likeness (QED) is 0.198. The largest absolute Gasteiger partial charge is 0.496 e. The van der Waals surface area contributed by atoms with Crippen LogP contribution < -0.4 is 18.9 Å². The van der Waals surface area contributed by atoms with Gasteiger partial charge in [-0.15, -0.1) is 0 Å². The van der Waals surface area contributed by atoms with Crippen molar-refractivity contribution >= 4 is 27.9 Å². The van der Waals surface area contributed by atoms with E-state index in [0.29, 0.717) is 45.0 Å². The SMILES string of the molecule is COc1cc(OC)c2[nH]ccc2c1/C=C/[N+](=O)[O-].COc1cc(OC)c2[nH]ccc2c1C(C[N+](=O)[O-])C[N+](=O)[O-]. The summed E-state index contributed by atoms with van der Waals surface area (Å²) >= 11 is 0. The van der Waals surface area contributed by atoms with Crippen molar-refractivity contribution in [3.8, 4) is 23.0 Å². The third kappa shape index (κ3) is 6.38. The van der Waals surface area contributed by atoms with Crippen LogP contribution in [0.3, 0.4) is 0 Å². The summed E-state index contributed by atoms with van der Waals surface area (Å²) in [6.07, 6.45) is 5.69. The fraction of sp³-hybridized carbons (Fsp3) is 0.280. The van der Waals surface area contributed by atoms with Crippen molar-refractivity contribution < 1.29 is 33.7 Å². The number of H-pyrrole nitrogens is 2. The molecule has 0 aliphatic rings. The monoisotopic (exact) mass is 557 g/mol. The molecule has 15 heteroatoms. The van der Waals surface area contributed by atoms with Crippen molar-refractivity contribution in [3.63, 3.8) is 0 Å². The van der Waals surface area contributed by atoms with Gasteiger partial charge in [-0.3, -0.25) is 30.3 Å². The summed E-state index contributed by atoms with van der Waals surface area (Å²) in [5.41, 5.74) is 2.48. The van der Waals surface area contributed by atoms with Crippen LogP contribution in [0.1, 0.15) is 17.0 Å². The van der Waals surface area contributed by atoms with Crippen LogP contribution in [0.5, 0.6) is 23.0 Å². The Labute approximate surface area is 226 Å². The predicted molar refractivity (Wildman–Crippen MR) is 145 cm³/mol. The van der Waals surface area contributed by atoms with Crippen LogP contribution in [0.4, 0.5) is 0 Å². The van der Waals surface area contributed by atoms with Gasteiger partial charge >= 0.3 is 0 Å². The first-order chi connectivity index (χ1) is 19.1. The maximum atomic E-state index is 10.9. The highest BCUT2D eigenvalue weighted by molar-refractivity contribution is 5.95. The summed E-state index contributed by atoms with van der Waals surface area (Å²) < 4.78 is 21.0. The van der Waals surface area contributed by atoms with E-state index in [4.69, 9.17) is 18.9 Å². The number of hydrogen-bond donors (Lipinski definition) is 2. The summed E-state index contributed by atoms with van der Waals surface area (Å²) in [7, 11) is 5.96. The standard InChI is InChI=1S/C13H15N3O6.C12H12N2O4/c1-21-10-5-11(22-2)13-9(3-4-14-13)12(10)8(6-15(17)18)7-16(19)20;1-17-10-7-11(18-2)12-9(3-5-13-12)8(10)4-6-14(15)16/h3-5,8,14H,6-7H2,1-2H3;3-7,13H,1-2H3/b;6-4+. The predicted octanol–water partition coefficient (Wildman–Crippen LogP) is 4.25. The van der Waals surface area contributed by atoms with Crippen molar-refractivity contribution in [2.45, 2.75) is 5.92 Å². The van der Waals surface area contributed by atoms with Gasteiger partial charge in [-0.1, -0.05) is 0 Å². The minimum atomic E-state index is -0.899. The maximum absolute atomic E-state index is 10.9. The zero-order valence-corrected chi connectivity index (χ0v) is 22.0. The molecule has 4 rings (SSSR count). The van der Waals surface area contributed by atoms with E-state index < -0.39 is 33.8 Å². The first-order valence-corrected chi connectivity index (χ1v) is 11.6. The number of nitro groups is 3. The molecular formula is C25H27N5O10. The zero-order valence-electron chi connectivity index (χ0n) is 22.0. The van der Waals surface area contributed by atoms with Crippen molar-refractivity contribution in [2.75, 3.05) is 41.5 Å². The highest BCUT2D eigenvalue weighted by Crippen LogP contribution is 2.39. The zero-order chi connectivity index (χ0) is 29.4. The molecule has 4 aromatic rings. The van der Waals surface area contributed by atoms with E-state index >= 15 is 0 Å². The topological polar surface area (TPSA) is 198 Å². The molecule has 2 heterocycles. The van der Waals surface area contributed by atoms with Gasteiger partial charge in [0.2, 0.25) is 19.3 Å². The van der Waals surface area contributed by atoms with Crippen LogP contribution in [0.2, 0.25) is 0 Å². The summed E-state index contributed by atoms with van der Waals surface area (Å²) in [5, 5.41) is 33.6. The molecule has 0 bridgehead atoms. The number of ether oxygens (including phenoxy) is 4. The molecule has 0 radical (unpaired) electrons. The molecule has 0 saturated carbocycles. The van der Waals surface area contributed by atoms with Crippen LogP contribution in [0.15, 0.2) is 42.9 Å². The molecule has 212 valence electrons. The van der Waals surface area contributed by atoms with E-state index in [1.807, 2.05) is 6.07 Å². The Hall–Kier alpha value is -5.34. The van der Waals surface area contributed by atoms with Gasteiger partial charge in [-0.25, -0.2) is 0 Å². The molecule has 15 nitrogen and oxygen atoms in total. The molecule has 2 aromatic heterocycles. The van der Waals surface area contributed by atoms with Crippen molar-refractivity contribution in [1.82, 2.24) is 9.97 Å². The van der Waals surface area contributed by atoms with E-state index in [9.17, 15) is 30.3 Å². The van der Waals surface area contributed by atoms with Gasteiger partial charge < -0.3 is 28.9 Å². The Bertz CT molecular complexity index is 1540. The average molecular weight is 558 g/mol. The van der Waals surface area contributed by atoms with Gasteiger partial charge in [-0.2, -0.15) is 0 Å². The molecule has 0 fully saturated rings. The van der Waals surface area contributed by atoms with Gasteiger partial charge in [0.15, 0.2) is 0 Å². The second-order valence-electron chi connectivity index (χ2n) is 8.25. The lowest BCUT2D eigenvalue weighted by Crippen LogP contribution is -2.21. The summed E-state index contributed by atoms with van der Waals surface area (Å²) in [6.45, 7) is -1.10. The summed E-state index contributed by atoms with van der Waals surface area (Å²) in [4.78, 5) is 36.5. The Morgan fingerprint density at radius 1 is 0.750 bits per heavy atom. The molecule has 40 heavy (non-hydrogen) atoms. The third-order valence-electron chi connectivity index (χ3n) is 6.01. The minimum absolute atomic E-state index is 0.331. The number of aromatic amines is 2. The number of rotatable bonds is 11. The second-order valence-corrected chi connectivity index (χ2v) is 8.25. The molecule has 0 aliphatic heterocycles. The summed E-state index contributed by atoms with van der Waals surface area (Å²) in [5.74, 6) is 1.09. The van der Waals surface area contributed by atoms with Crippen LogP contribution in [0, 0.1) is 30.3 Å². The van der Waals surface area contributed by atoms with Crippen LogP contribution in [0.25, 0.3) is 27.9 Å². The van der Waals surface area contributed by atoms with Crippen LogP contribution in [-0.4, -0.2) is 66.3 Å². The highest BCUT2D eigenvalue weighted by atomic mass is 16.6. The molecule has 2 N–H and O–H groups in total. The smallest absolute Gasteiger partial charge is 0.235 e. The highest BCUT2D eigenvalue weighted by Gasteiger charge is 2.30. The molecular weight excluding hydrogens is 530 g/mol. The van der Waals surface area contributed by atoms with Gasteiger partial charge in [-0.05, 0) is 12.1 Å². The van der Waals surface area contributed by atoms with Crippen LogP contribution >= 0.6 is 0 Å². The molecule has 0 spiro atoms. The second kappa shape index (κ2) is 12.9. The fourth-order valence-corrected chi connectivity index (χ4v) is 4.39. The molecule has 0 saturated heterocycles. The molecule has 0 aliphatic carbocycles. The third-order valence-corrected chi connectivity index (χ3v) is 6.01. The van der Waals surface area contributed by atoms with Crippen molar-refractivity contribution in [2.24, 2.45) is 0 Å². The fourth-order valence-electron chi connectivity index (χ4n) is 4.39. The van der Waals surface area contributed by atoms with E-state index in [2.05, 4.69) is 9.97 Å². The lowest BCUT2D eigenvalue weighted by Gasteiger charge is -2.16. The first kappa shape index (κ1) is 29.2. The Balaban J connectivity index is 0.000000225. The number of benzene rings is 2. The number of hydrogen-bond acceptors (Lipinski definition) is 10. The maximum Gasteiger partial charge on any atom is 0.235 e.